The van der Waals surface area contributed by atoms with Crippen LogP contribution in [0.25, 0.3) is 0 Å². The van der Waals surface area contributed by atoms with Gasteiger partial charge < -0.3 is 15.8 Å². The summed E-state index contributed by atoms with van der Waals surface area (Å²) in [4.78, 5) is 25.2. The lowest BCUT2D eigenvalue weighted by Gasteiger charge is -2.30. The fourth-order valence-corrected chi connectivity index (χ4v) is 2.83. The van der Waals surface area contributed by atoms with Gasteiger partial charge in [-0.15, -0.1) is 0 Å². The Kier molecular flexibility index (Phi) is 6.40. The van der Waals surface area contributed by atoms with E-state index in [1.54, 1.807) is 7.11 Å². The number of hydrogen-bond acceptors (Lipinski definition) is 4. The second-order valence-electron chi connectivity index (χ2n) is 5.92. The van der Waals surface area contributed by atoms with Crippen molar-refractivity contribution in [3.63, 3.8) is 0 Å². The van der Waals surface area contributed by atoms with E-state index in [0.717, 1.165) is 37.1 Å². The van der Waals surface area contributed by atoms with Gasteiger partial charge in [-0.1, -0.05) is 12.1 Å². The average molecular weight is 319 g/mol. The monoisotopic (exact) mass is 319 g/mol. The summed E-state index contributed by atoms with van der Waals surface area (Å²) in [6.07, 6.45) is 2.51. The van der Waals surface area contributed by atoms with E-state index in [9.17, 15) is 9.59 Å². The van der Waals surface area contributed by atoms with Crippen molar-refractivity contribution in [1.82, 2.24) is 10.2 Å². The minimum atomic E-state index is -0.269. The second-order valence-corrected chi connectivity index (χ2v) is 5.92. The van der Waals surface area contributed by atoms with Crippen molar-refractivity contribution in [3.8, 4) is 5.75 Å². The van der Waals surface area contributed by atoms with Crippen LogP contribution >= 0.6 is 0 Å². The summed E-state index contributed by atoms with van der Waals surface area (Å²) in [5.41, 5.74) is 6.50. The molecule has 1 saturated heterocycles. The third-order valence-electron chi connectivity index (χ3n) is 4.17. The smallest absolute Gasteiger partial charge is 0.234 e. The zero-order chi connectivity index (χ0) is 16.7. The molecule has 3 N–H and O–H groups in total. The van der Waals surface area contributed by atoms with Crippen molar-refractivity contribution >= 4 is 11.8 Å². The number of ether oxygens (including phenoxy) is 1. The predicted octanol–water partition coefficient (Wildman–Crippen LogP) is 0.551. The Hall–Kier alpha value is -2.08. The molecule has 126 valence electrons. The molecular formula is C17H25N3O3. The molecule has 1 heterocycles. The van der Waals surface area contributed by atoms with E-state index in [1.165, 1.54) is 0 Å². The van der Waals surface area contributed by atoms with Crippen LogP contribution in [0.5, 0.6) is 5.75 Å². The van der Waals surface area contributed by atoms with Crippen molar-refractivity contribution in [2.24, 2.45) is 11.7 Å². The number of benzene rings is 1. The summed E-state index contributed by atoms with van der Waals surface area (Å²) in [7, 11) is 1.64. The minimum Gasteiger partial charge on any atom is -0.497 e. The van der Waals surface area contributed by atoms with Gasteiger partial charge in [-0.25, -0.2) is 0 Å². The van der Waals surface area contributed by atoms with Gasteiger partial charge in [0, 0.05) is 13.1 Å². The van der Waals surface area contributed by atoms with Crippen molar-refractivity contribution in [2.45, 2.75) is 19.3 Å². The first-order valence-electron chi connectivity index (χ1n) is 8.00. The molecule has 1 fully saturated rings. The first-order chi connectivity index (χ1) is 11.1. The number of likely N-dealkylation sites (tertiary alicyclic amines) is 1. The molecule has 0 radical (unpaired) electrons. The van der Waals surface area contributed by atoms with Crippen LogP contribution in [0.3, 0.4) is 0 Å². The molecule has 2 amide bonds. The Balaban J connectivity index is 1.69. The average Bonchev–Trinajstić information content (AvgIpc) is 2.55. The Morgan fingerprint density at radius 2 is 2.09 bits per heavy atom. The predicted molar refractivity (Wildman–Crippen MR) is 88.1 cm³/mol. The van der Waals surface area contributed by atoms with Crippen LogP contribution in [0.15, 0.2) is 24.3 Å². The van der Waals surface area contributed by atoms with Gasteiger partial charge in [-0.05, 0) is 43.5 Å². The van der Waals surface area contributed by atoms with Gasteiger partial charge in [0.25, 0.3) is 0 Å². The molecule has 2 rings (SSSR count). The summed E-state index contributed by atoms with van der Waals surface area (Å²) >= 11 is 0. The van der Waals surface area contributed by atoms with Crippen LogP contribution in [0.2, 0.25) is 0 Å². The van der Waals surface area contributed by atoms with Crippen LogP contribution in [-0.4, -0.2) is 50.0 Å². The Bertz CT molecular complexity index is 530. The highest BCUT2D eigenvalue weighted by molar-refractivity contribution is 5.79. The lowest BCUT2D eigenvalue weighted by atomic mass is 9.97. The summed E-state index contributed by atoms with van der Waals surface area (Å²) in [5, 5.41) is 2.92. The quantitative estimate of drug-likeness (QED) is 0.769. The topological polar surface area (TPSA) is 84.7 Å². The number of hydrogen-bond donors (Lipinski definition) is 2. The van der Waals surface area contributed by atoms with Gasteiger partial charge in [0.15, 0.2) is 0 Å². The standard InChI is InChI=1S/C17H25N3O3/c1-23-15-6-4-13(5-7-15)8-9-19-16(21)12-20-10-2-3-14(11-20)17(18)22/h4-7,14H,2-3,8-12H2,1H3,(H2,18,22)(H,19,21)/t14-/m0/s1. The molecular weight excluding hydrogens is 294 g/mol. The fraction of sp³-hybridized carbons (Fsp3) is 0.529. The summed E-state index contributed by atoms with van der Waals surface area (Å²) in [5.74, 6) is 0.418. The highest BCUT2D eigenvalue weighted by atomic mass is 16.5. The van der Waals surface area contributed by atoms with Gasteiger partial charge >= 0.3 is 0 Å². The first kappa shape index (κ1) is 17.3. The number of nitrogens with two attached hydrogens (primary N) is 1. The largest absolute Gasteiger partial charge is 0.497 e. The highest BCUT2D eigenvalue weighted by Crippen LogP contribution is 2.15. The molecule has 1 aromatic carbocycles. The van der Waals surface area contributed by atoms with Gasteiger partial charge in [0.2, 0.25) is 11.8 Å². The van der Waals surface area contributed by atoms with E-state index >= 15 is 0 Å². The van der Waals surface area contributed by atoms with E-state index in [2.05, 4.69) is 5.32 Å². The number of methoxy groups -OCH3 is 1. The third-order valence-corrected chi connectivity index (χ3v) is 4.17. The summed E-state index contributed by atoms with van der Waals surface area (Å²) in [6.45, 7) is 2.35. The lowest BCUT2D eigenvalue weighted by Crippen LogP contribution is -2.45. The zero-order valence-corrected chi connectivity index (χ0v) is 13.6. The van der Waals surface area contributed by atoms with Crippen LogP contribution in [0.4, 0.5) is 0 Å². The molecule has 6 nitrogen and oxygen atoms in total. The molecule has 0 aliphatic carbocycles. The number of primary amides is 1. The fourth-order valence-electron chi connectivity index (χ4n) is 2.83. The normalized spacial score (nSPS) is 18.4. The van der Waals surface area contributed by atoms with E-state index < -0.39 is 0 Å². The van der Waals surface area contributed by atoms with Crippen LogP contribution in [-0.2, 0) is 16.0 Å². The van der Waals surface area contributed by atoms with E-state index in [1.807, 2.05) is 29.2 Å². The number of carbonyl (C=O) groups excluding carboxylic acids is 2. The van der Waals surface area contributed by atoms with Gasteiger partial charge in [0.05, 0.1) is 19.6 Å². The molecule has 0 saturated carbocycles. The Labute approximate surface area is 137 Å². The molecule has 0 unspecified atom stereocenters. The molecule has 0 aromatic heterocycles. The lowest BCUT2D eigenvalue weighted by molar-refractivity contribution is -0.126. The van der Waals surface area contributed by atoms with Crippen molar-refractivity contribution in [3.05, 3.63) is 29.8 Å². The number of nitrogens with one attached hydrogen (secondary N) is 1. The van der Waals surface area contributed by atoms with Gasteiger partial charge in [0.1, 0.15) is 5.75 Å². The summed E-state index contributed by atoms with van der Waals surface area (Å²) in [6, 6.07) is 7.81. The van der Waals surface area contributed by atoms with Crippen molar-refractivity contribution in [2.75, 3.05) is 33.3 Å². The van der Waals surface area contributed by atoms with Crippen molar-refractivity contribution in [1.29, 1.82) is 0 Å². The van der Waals surface area contributed by atoms with Crippen molar-refractivity contribution < 1.29 is 14.3 Å². The molecule has 6 heteroatoms. The Morgan fingerprint density at radius 3 is 2.74 bits per heavy atom. The number of nitrogens with zero attached hydrogens (tertiary/aromatic N) is 1. The molecule has 23 heavy (non-hydrogen) atoms. The number of piperidine rings is 1. The maximum absolute atomic E-state index is 12.0. The Morgan fingerprint density at radius 1 is 1.35 bits per heavy atom. The number of amides is 2. The molecule has 1 aliphatic heterocycles. The molecule has 0 spiro atoms. The third kappa shape index (κ3) is 5.56. The summed E-state index contributed by atoms with van der Waals surface area (Å²) < 4.78 is 5.11. The van der Waals surface area contributed by atoms with Crippen LogP contribution in [0.1, 0.15) is 18.4 Å². The molecule has 0 bridgehead atoms. The maximum atomic E-state index is 12.0. The van der Waals surface area contributed by atoms with E-state index in [0.29, 0.717) is 19.6 Å². The van der Waals surface area contributed by atoms with E-state index in [4.69, 9.17) is 10.5 Å². The highest BCUT2D eigenvalue weighted by Gasteiger charge is 2.24. The number of carbonyl (C=O) groups is 2. The second kappa shape index (κ2) is 8.53. The van der Waals surface area contributed by atoms with Crippen LogP contribution < -0.4 is 15.8 Å². The minimum absolute atomic E-state index is 0.0105. The maximum Gasteiger partial charge on any atom is 0.234 e. The van der Waals surface area contributed by atoms with Crippen LogP contribution in [0, 0.1) is 5.92 Å². The first-order valence-corrected chi connectivity index (χ1v) is 8.00. The van der Waals surface area contributed by atoms with Gasteiger partial charge in [-0.2, -0.15) is 0 Å². The molecule has 1 aliphatic rings. The van der Waals surface area contributed by atoms with Gasteiger partial charge in [-0.3, -0.25) is 14.5 Å². The number of rotatable bonds is 7. The molecule has 1 aromatic rings. The van der Waals surface area contributed by atoms with E-state index in [-0.39, 0.29) is 17.7 Å². The molecule has 1 atom stereocenters. The SMILES string of the molecule is COc1ccc(CCNC(=O)CN2CCC[C@H](C(N)=O)C2)cc1. The zero-order valence-electron chi connectivity index (χ0n) is 13.6.